The number of nitrogens with one attached hydrogen (secondary N) is 2. The Kier molecular flexibility index (Phi) is 7.75. The summed E-state index contributed by atoms with van der Waals surface area (Å²) in [5.41, 5.74) is 3.57. The molecular weight excluding hydrogens is 330 g/mol. The molecule has 6 heteroatoms. The van der Waals surface area contributed by atoms with E-state index in [0.717, 1.165) is 5.56 Å². The van der Waals surface area contributed by atoms with Crippen LogP contribution in [0, 0.1) is 13.8 Å². The van der Waals surface area contributed by atoms with Crippen LogP contribution in [0.3, 0.4) is 0 Å². The Morgan fingerprint density at radius 3 is 2.58 bits per heavy atom. The van der Waals surface area contributed by atoms with Crippen molar-refractivity contribution < 1.29 is 14.3 Å². The molecule has 6 nitrogen and oxygen atoms in total. The monoisotopic (exact) mass is 361 g/mol. The maximum atomic E-state index is 11.9. The maximum Gasteiger partial charge on any atom is 0.407 e. The summed E-state index contributed by atoms with van der Waals surface area (Å²) in [6.07, 6.45) is 9.39. The lowest BCUT2D eigenvalue weighted by Crippen LogP contribution is -2.34. The van der Waals surface area contributed by atoms with Crippen molar-refractivity contribution in [1.29, 1.82) is 0 Å². The van der Waals surface area contributed by atoms with Gasteiger partial charge < -0.3 is 19.9 Å². The third-order valence-corrected chi connectivity index (χ3v) is 4.85. The van der Waals surface area contributed by atoms with Crippen LogP contribution in [0.25, 0.3) is 6.08 Å². The SMILES string of the molecule is CCOC(=O)NCCNC(=O)/C=C/c1cc(C)n(C2CCCCC2)c1C. The standard InChI is InChI=1S/C20H31N3O3/c1-4-26-20(25)22-13-12-21-19(24)11-10-17-14-15(2)23(16(17)3)18-8-6-5-7-9-18/h10-11,14,18H,4-9,12-13H2,1-3H3,(H,21,24)(H,22,25)/b11-10+. The van der Waals surface area contributed by atoms with Crippen molar-refractivity contribution in [2.45, 2.75) is 58.9 Å². The molecule has 1 aromatic heterocycles. The molecule has 1 aromatic rings. The zero-order valence-corrected chi connectivity index (χ0v) is 16.1. The number of rotatable bonds is 7. The van der Waals surface area contributed by atoms with Crippen molar-refractivity contribution in [3.05, 3.63) is 29.1 Å². The van der Waals surface area contributed by atoms with E-state index in [1.165, 1.54) is 43.5 Å². The van der Waals surface area contributed by atoms with Crippen molar-refractivity contribution in [1.82, 2.24) is 15.2 Å². The Bertz CT molecular complexity index is 643. The van der Waals surface area contributed by atoms with E-state index in [9.17, 15) is 9.59 Å². The number of hydrogen-bond donors (Lipinski definition) is 2. The van der Waals surface area contributed by atoms with Crippen molar-refractivity contribution in [3.8, 4) is 0 Å². The second-order valence-corrected chi connectivity index (χ2v) is 6.76. The maximum absolute atomic E-state index is 11.9. The van der Waals surface area contributed by atoms with Crippen LogP contribution < -0.4 is 10.6 Å². The lowest BCUT2D eigenvalue weighted by molar-refractivity contribution is -0.116. The fourth-order valence-corrected chi connectivity index (χ4v) is 3.63. The Labute approximate surface area is 156 Å². The smallest absolute Gasteiger partial charge is 0.407 e. The zero-order valence-electron chi connectivity index (χ0n) is 16.1. The molecule has 2 rings (SSSR count). The first-order valence-corrected chi connectivity index (χ1v) is 9.58. The molecule has 0 atom stereocenters. The van der Waals surface area contributed by atoms with Crippen LogP contribution in [-0.4, -0.2) is 36.3 Å². The number of carbonyl (C=O) groups is 2. The third kappa shape index (κ3) is 5.64. The Balaban J connectivity index is 1.85. The van der Waals surface area contributed by atoms with Crippen molar-refractivity contribution >= 4 is 18.1 Å². The molecule has 0 aromatic carbocycles. The summed E-state index contributed by atoms with van der Waals surface area (Å²) in [6.45, 7) is 7.05. The van der Waals surface area contributed by atoms with Gasteiger partial charge in [0.05, 0.1) is 6.61 Å². The highest BCUT2D eigenvalue weighted by Gasteiger charge is 2.19. The van der Waals surface area contributed by atoms with Gasteiger partial charge in [-0.2, -0.15) is 0 Å². The van der Waals surface area contributed by atoms with E-state index in [1.54, 1.807) is 13.0 Å². The molecule has 1 fully saturated rings. The van der Waals surface area contributed by atoms with Gasteiger partial charge in [0, 0.05) is 36.6 Å². The highest BCUT2D eigenvalue weighted by Crippen LogP contribution is 2.32. The minimum Gasteiger partial charge on any atom is -0.450 e. The summed E-state index contributed by atoms with van der Waals surface area (Å²) in [5.74, 6) is -0.168. The number of aromatic nitrogens is 1. The highest BCUT2D eigenvalue weighted by molar-refractivity contribution is 5.91. The van der Waals surface area contributed by atoms with Crippen LogP contribution in [0.2, 0.25) is 0 Å². The average Bonchev–Trinajstić information content (AvgIpc) is 2.91. The number of hydrogen-bond acceptors (Lipinski definition) is 3. The molecule has 1 aliphatic rings. The van der Waals surface area contributed by atoms with E-state index in [2.05, 4.69) is 35.1 Å². The zero-order chi connectivity index (χ0) is 18.9. The number of alkyl carbamates (subject to hydrolysis) is 1. The first kappa shape index (κ1) is 20.1. The summed E-state index contributed by atoms with van der Waals surface area (Å²) in [7, 11) is 0. The number of nitrogens with zero attached hydrogens (tertiary/aromatic N) is 1. The molecule has 144 valence electrons. The molecule has 0 spiro atoms. The molecular formula is C20H31N3O3. The molecule has 0 radical (unpaired) electrons. The van der Waals surface area contributed by atoms with Crippen molar-refractivity contribution in [2.75, 3.05) is 19.7 Å². The first-order chi connectivity index (χ1) is 12.5. The van der Waals surface area contributed by atoms with Crippen molar-refractivity contribution in [2.24, 2.45) is 0 Å². The lowest BCUT2D eigenvalue weighted by atomic mass is 9.95. The van der Waals surface area contributed by atoms with Gasteiger partial charge in [0.2, 0.25) is 5.91 Å². The van der Waals surface area contributed by atoms with Crippen LogP contribution in [0.15, 0.2) is 12.1 Å². The number of ether oxygens (including phenoxy) is 1. The van der Waals surface area contributed by atoms with Gasteiger partial charge >= 0.3 is 6.09 Å². The van der Waals surface area contributed by atoms with E-state index in [4.69, 9.17) is 4.74 Å². The van der Waals surface area contributed by atoms with Gasteiger partial charge in [0.1, 0.15) is 0 Å². The molecule has 26 heavy (non-hydrogen) atoms. The fourth-order valence-electron chi connectivity index (χ4n) is 3.63. The predicted octanol–water partition coefficient (Wildman–Crippen LogP) is 3.49. The molecule has 2 N–H and O–H groups in total. The molecule has 0 bridgehead atoms. The number of aryl methyl sites for hydroxylation is 1. The highest BCUT2D eigenvalue weighted by atomic mass is 16.5. The quantitative estimate of drug-likeness (QED) is 0.577. The first-order valence-electron chi connectivity index (χ1n) is 9.58. The Morgan fingerprint density at radius 2 is 1.88 bits per heavy atom. The van der Waals surface area contributed by atoms with Crippen LogP contribution >= 0.6 is 0 Å². The van der Waals surface area contributed by atoms with Gasteiger partial charge in [-0.15, -0.1) is 0 Å². The molecule has 1 heterocycles. The third-order valence-electron chi connectivity index (χ3n) is 4.85. The van der Waals surface area contributed by atoms with Crippen molar-refractivity contribution in [3.63, 3.8) is 0 Å². The summed E-state index contributed by atoms with van der Waals surface area (Å²) in [6, 6.07) is 2.74. The van der Waals surface area contributed by atoms with Crippen LogP contribution in [0.5, 0.6) is 0 Å². The summed E-state index contributed by atoms with van der Waals surface area (Å²) >= 11 is 0. The summed E-state index contributed by atoms with van der Waals surface area (Å²) < 4.78 is 7.18. The molecule has 1 saturated carbocycles. The number of amides is 2. The molecule has 0 saturated heterocycles. The predicted molar refractivity (Wildman–Crippen MR) is 103 cm³/mol. The van der Waals surface area contributed by atoms with E-state index in [1.807, 2.05) is 6.08 Å². The Morgan fingerprint density at radius 1 is 1.19 bits per heavy atom. The second-order valence-electron chi connectivity index (χ2n) is 6.76. The van der Waals surface area contributed by atoms with E-state index in [0.29, 0.717) is 25.7 Å². The second kappa shape index (κ2) is 10.0. The van der Waals surface area contributed by atoms with Gasteiger partial charge in [0.15, 0.2) is 0 Å². The van der Waals surface area contributed by atoms with Crippen LogP contribution in [-0.2, 0) is 9.53 Å². The van der Waals surface area contributed by atoms with Gasteiger partial charge in [-0.05, 0) is 51.3 Å². The van der Waals surface area contributed by atoms with Gasteiger partial charge in [-0.25, -0.2) is 4.79 Å². The number of carbonyl (C=O) groups excluding carboxylic acids is 2. The molecule has 1 aliphatic carbocycles. The van der Waals surface area contributed by atoms with Gasteiger partial charge in [-0.1, -0.05) is 19.3 Å². The topological polar surface area (TPSA) is 72.4 Å². The largest absolute Gasteiger partial charge is 0.450 e. The van der Waals surface area contributed by atoms with E-state index in [-0.39, 0.29) is 5.91 Å². The minimum atomic E-state index is -0.465. The van der Waals surface area contributed by atoms with Gasteiger partial charge in [0.25, 0.3) is 0 Å². The van der Waals surface area contributed by atoms with E-state index >= 15 is 0 Å². The fraction of sp³-hybridized carbons (Fsp3) is 0.600. The van der Waals surface area contributed by atoms with Gasteiger partial charge in [-0.3, -0.25) is 4.79 Å². The molecule has 0 aliphatic heterocycles. The minimum absolute atomic E-state index is 0.168. The Hall–Kier alpha value is -2.24. The lowest BCUT2D eigenvalue weighted by Gasteiger charge is -2.26. The van der Waals surface area contributed by atoms with Crippen LogP contribution in [0.4, 0.5) is 4.79 Å². The van der Waals surface area contributed by atoms with E-state index < -0.39 is 6.09 Å². The molecule has 2 amide bonds. The summed E-state index contributed by atoms with van der Waals surface area (Å²) in [4.78, 5) is 23.1. The summed E-state index contributed by atoms with van der Waals surface area (Å²) in [5, 5.41) is 5.32. The average molecular weight is 361 g/mol. The molecule has 0 unspecified atom stereocenters. The normalized spacial score (nSPS) is 15.2. The van der Waals surface area contributed by atoms with Crippen LogP contribution in [0.1, 0.15) is 62.0 Å².